The van der Waals surface area contributed by atoms with Crippen molar-refractivity contribution in [2.75, 3.05) is 12.3 Å². The molecule has 1 aromatic carbocycles. The van der Waals surface area contributed by atoms with E-state index in [1.807, 2.05) is 0 Å². The van der Waals surface area contributed by atoms with Gasteiger partial charge >= 0.3 is 5.69 Å². The highest BCUT2D eigenvalue weighted by molar-refractivity contribution is 7.86. The molecule has 1 rings (SSSR count). The van der Waals surface area contributed by atoms with Gasteiger partial charge in [-0.05, 0) is 6.92 Å². The van der Waals surface area contributed by atoms with Crippen LogP contribution in [-0.4, -0.2) is 24.5 Å². The third-order valence-electron chi connectivity index (χ3n) is 1.87. The lowest BCUT2D eigenvalue weighted by molar-refractivity contribution is -0.386. The molecule has 0 aromatic heterocycles. The molecule has 0 saturated carbocycles. The van der Waals surface area contributed by atoms with Crippen LogP contribution in [0.3, 0.4) is 0 Å². The molecule has 0 heterocycles. The van der Waals surface area contributed by atoms with E-state index in [0.717, 1.165) is 6.07 Å². The van der Waals surface area contributed by atoms with Gasteiger partial charge in [-0.1, -0.05) is 0 Å². The van der Waals surface area contributed by atoms with E-state index in [9.17, 15) is 18.5 Å². The third kappa shape index (κ3) is 2.82. The van der Waals surface area contributed by atoms with Crippen LogP contribution in [0.1, 0.15) is 6.92 Å². The van der Waals surface area contributed by atoms with Crippen molar-refractivity contribution in [2.24, 2.45) is 0 Å². The van der Waals surface area contributed by atoms with Crippen LogP contribution in [0.15, 0.2) is 17.0 Å². The topological polar surface area (TPSA) is 133 Å². The first-order valence-corrected chi connectivity index (χ1v) is 5.89. The number of hydrogen-bond donors (Lipinski definition) is 2. The predicted molar refractivity (Wildman–Crippen MR) is 58.5 cm³/mol. The molecule has 17 heavy (non-hydrogen) atoms. The first-order chi connectivity index (χ1) is 7.77. The van der Waals surface area contributed by atoms with Crippen LogP contribution in [0.4, 0.5) is 11.4 Å². The molecule has 1 aromatic rings. The molecule has 8 nitrogen and oxygen atoms in total. The Morgan fingerprint density at radius 3 is 2.53 bits per heavy atom. The van der Waals surface area contributed by atoms with Gasteiger partial charge in [0.2, 0.25) is 0 Å². The Hall–Kier alpha value is -1.87. The van der Waals surface area contributed by atoms with Crippen LogP contribution in [0, 0.1) is 10.1 Å². The zero-order valence-electron chi connectivity index (χ0n) is 8.78. The van der Waals surface area contributed by atoms with Gasteiger partial charge in [-0.15, -0.1) is 0 Å². The fourth-order valence-electron chi connectivity index (χ4n) is 1.20. The summed E-state index contributed by atoms with van der Waals surface area (Å²) >= 11 is 0. The van der Waals surface area contributed by atoms with E-state index in [1.165, 1.54) is 0 Å². The highest BCUT2D eigenvalue weighted by Crippen LogP contribution is 2.34. The predicted octanol–water partition coefficient (Wildman–Crippen LogP) is 0.822. The summed E-state index contributed by atoms with van der Waals surface area (Å²) in [5.74, 6) is -0.151. The molecule has 0 unspecified atom stereocenters. The van der Waals surface area contributed by atoms with Crippen LogP contribution >= 0.6 is 0 Å². The van der Waals surface area contributed by atoms with E-state index in [4.69, 9.17) is 15.0 Å². The van der Waals surface area contributed by atoms with Crippen molar-refractivity contribution in [2.45, 2.75) is 11.8 Å². The van der Waals surface area contributed by atoms with Gasteiger partial charge in [0.1, 0.15) is 4.90 Å². The Labute approximate surface area is 96.9 Å². The van der Waals surface area contributed by atoms with Gasteiger partial charge < -0.3 is 10.5 Å². The molecule has 0 fully saturated rings. The van der Waals surface area contributed by atoms with Crippen LogP contribution in [0.5, 0.6) is 5.75 Å². The maximum Gasteiger partial charge on any atom is 0.312 e. The van der Waals surface area contributed by atoms with Crippen molar-refractivity contribution in [3.63, 3.8) is 0 Å². The summed E-state index contributed by atoms with van der Waals surface area (Å²) in [5.41, 5.74) is 4.47. The average Bonchev–Trinajstić information content (AvgIpc) is 2.15. The molecule has 9 heteroatoms. The lowest BCUT2D eigenvalue weighted by Crippen LogP contribution is -2.06. The van der Waals surface area contributed by atoms with Gasteiger partial charge in [-0.2, -0.15) is 8.42 Å². The molecule has 0 radical (unpaired) electrons. The summed E-state index contributed by atoms with van der Waals surface area (Å²) in [6.07, 6.45) is 0. The van der Waals surface area contributed by atoms with Crippen molar-refractivity contribution in [3.05, 3.63) is 22.2 Å². The SMILES string of the molecule is CCOc1cc(N)c(S(=O)(=O)O)cc1[N+](=O)[O-]. The first kappa shape index (κ1) is 13.2. The van der Waals surface area contributed by atoms with Gasteiger partial charge in [0.15, 0.2) is 5.75 Å². The molecule has 0 bridgehead atoms. The zero-order valence-corrected chi connectivity index (χ0v) is 9.60. The Balaban J connectivity index is 3.51. The van der Waals surface area contributed by atoms with Crippen molar-refractivity contribution >= 4 is 21.5 Å². The lowest BCUT2D eigenvalue weighted by atomic mass is 10.2. The Kier molecular flexibility index (Phi) is 3.53. The van der Waals surface area contributed by atoms with E-state index in [0.29, 0.717) is 6.07 Å². The number of hydrogen-bond acceptors (Lipinski definition) is 6. The minimum absolute atomic E-state index is 0.151. The molecule has 0 saturated heterocycles. The summed E-state index contributed by atoms with van der Waals surface area (Å²) in [4.78, 5) is 9.16. The number of nitro benzene ring substituents is 1. The quantitative estimate of drug-likeness (QED) is 0.355. The number of nitrogens with two attached hydrogens (primary N) is 1. The number of ether oxygens (including phenoxy) is 1. The molecule has 0 atom stereocenters. The van der Waals surface area contributed by atoms with E-state index < -0.39 is 25.6 Å². The van der Waals surface area contributed by atoms with Crippen molar-refractivity contribution in [3.8, 4) is 5.75 Å². The molecule has 0 amide bonds. The minimum atomic E-state index is -4.61. The van der Waals surface area contributed by atoms with Crippen LogP contribution in [0.2, 0.25) is 0 Å². The highest BCUT2D eigenvalue weighted by atomic mass is 32.2. The number of nitrogens with zero attached hydrogens (tertiary/aromatic N) is 1. The second-order valence-corrected chi connectivity index (χ2v) is 4.41. The van der Waals surface area contributed by atoms with Crippen LogP contribution in [-0.2, 0) is 10.1 Å². The Bertz CT molecular complexity index is 553. The highest BCUT2D eigenvalue weighted by Gasteiger charge is 2.24. The maximum absolute atomic E-state index is 10.9. The lowest BCUT2D eigenvalue weighted by Gasteiger charge is -2.07. The van der Waals surface area contributed by atoms with Crippen molar-refractivity contribution < 1.29 is 22.6 Å². The molecular weight excluding hydrogens is 252 g/mol. The Morgan fingerprint density at radius 1 is 1.53 bits per heavy atom. The molecule has 0 aliphatic rings. The number of rotatable bonds is 4. The zero-order chi connectivity index (χ0) is 13.2. The second kappa shape index (κ2) is 4.55. The molecular formula is C8H10N2O6S. The molecule has 0 aliphatic carbocycles. The average molecular weight is 262 g/mol. The summed E-state index contributed by atoms with van der Waals surface area (Å²) in [5, 5.41) is 10.7. The maximum atomic E-state index is 10.9. The van der Waals surface area contributed by atoms with Gasteiger partial charge in [0.25, 0.3) is 10.1 Å². The van der Waals surface area contributed by atoms with E-state index in [-0.39, 0.29) is 18.0 Å². The molecule has 3 N–H and O–H groups in total. The monoisotopic (exact) mass is 262 g/mol. The summed E-state index contributed by atoms with van der Waals surface area (Å²) in [6, 6.07) is 1.65. The second-order valence-electron chi connectivity index (χ2n) is 3.02. The van der Waals surface area contributed by atoms with Crippen molar-refractivity contribution in [1.82, 2.24) is 0 Å². The number of benzene rings is 1. The largest absolute Gasteiger partial charge is 0.487 e. The van der Waals surface area contributed by atoms with Crippen LogP contribution in [0.25, 0.3) is 0 Å². The molecule has 94 valence electrons. The van der Waals surface area contributed by atoms with Gasteiger partial charge in [0, 0.05) is 12.1 Å². The van der Waals surface area contributed by atoms with E-state index in [1.54, 1.807) is 6.92 Å². The number of nitro groups is 1. The van der Waals surface area contributed by atoms with Gasteiger partial charge in [-0.3, -0.25) is 14.7 Å². The smallest absolute Gasteiger partial charge is 0.312 e. The van der Waals surface area contributed by atoms with Gasteiger partial charge in [-0.25, -0.2) is 0 Å². The molecule has 0 aliphatic heterocycles. The number of anilines is 1. The van der Waals surface area contributed by atoms with Crippen LogP contribution < -0.4 is 10.5 Å². The summed E-state index contributed by atoms with van der Waals surface area (Å²) in [7, 11) is -4.61. The van der Waals surface area contributed by atoms with E-state index >= 15 is 0 Å². The fourth-order valence-corrected chi connectivity index (χ4v) is 1.82. The normalized spacial score (nSPS) is 11.2. The molecule has 0 spiro atoms. The van der Waals surface area contributed by atoms with Crippen molar-refractivity contribution in [1.29, 1.82) is 0 Å². The number of nitrogen functional groups attached to an aromatic ring is 1. The minimum Gasteiger partial charge on any atom is -0.487 e. The van der Waals surface area contributed by atoms with Gasteiger partial charge in [0.05, 0.1) is 17.2 Å². The summed E-state index contributed by atoms with van der Waals surface area (Å²) in [6.45, 7) is 1.77. The Morgan fingerprint density at radius 2 is 2.12 bits per heavy atom. The first-order valence-electron chi connectivity index (χ1n) is 4.45. The summed E-state index contributed by atoms with van der Waals surface area (Å²) < 4.78 is 35.6. The van der Waals surface area contributed by atoms with E-state index in [2.05, 4.69) is 0 Å². The standard InChI is InChI=1S/C8H10N2O6S/c1-2-16-7-3-5(9)8(17(13,14)15)4-6(7)10(11)12/h3-4H,2,9H2,1H3,(H,13,14,15). The third-order valence-corrected chi connectivity index (χ3v) is 2.78. The fraction of sp³-hybridized carbons (Fsp3) is 0.250.